The van der Waals surface area contributed by atoms with Gasteiger partial charge in [-0.15, -0.1) is 0 Å². The van der Waals surface area contributed by atoms with Gasteiger partial charge in [-0.05, 0) is 60.7 Å². The molecule has 2 amide bonds. The Kier molecular flexibility index (Phi) is 9.83. The number of methoxy groups -OCH3 is 1. The van der Waals surface area contributed by atoms with Crippen LogP contribution < -0.4 is 15.2 Å². The summed E-state index contributed by atoms with van der Waals surface area (Å²) in [7, 11) is -2.97. The first-order chi connectivity index (χ1) is 21.8. The lowest BCUT2D eigenvalue weighted by Crippen LogP contribution is -2.54. The highest BCUT2D eigenvalue weighted by molar-refractivity contribution is 7.47. The minimum atomic E-state index is -4.17. The fourth-order valence-corrected chi connectivity index (χ4v) is 6.19. The lowest BCUT2D eigenvalue weighted by Gasteiger charge is -2.26. The highest BCUT2D eigenvalue weighted by Gasteiger charge is 2.33. The van der Waals surface area contributed by atoms with Crippen molar-refractivity contribution in [3.63, 3.8) is 0 Å². The molecule has 3 aromatic rings. The number of carbonyl (C=O) groups is 3. The summed E-state index contributed by atoms with van der Waals surface area (Å²) in [5.41, 5.74) is 4.74. The van der Waals surface area contributed by atoms with Crippen LogP contribution in [0.3, 0.4) is 0 Å². The van der Waals surface area contributed by atoms with Crippen LogP contribution in [0.5, 0.6) is 5.75 Å². The molecule has 3 atom stereocenters. The van der Waals surface area contributed by atoms with E-state index in [9.17, 15) is 23.8 Å². The van der Waals surface area contributed by atoms with Crippen molar-refractivity contribution < 1.29 is 47.1 Å². The second-order valence-corrected chi connectivity index (χ2v) is 13.4. The summed E-state index contributed by atoms with van der Waals surface area (Å²) in [6.07, 6.45) is -0.801. The summed E-state index contributed by atoms with van der Waals surface area (Å²) in [5.74, 6) is -1.38. The third kappa shape index (κ3) is 7.94. The molecule has 5 rings (SSSR count). The fraction of sp³-hybridized carbons (Fsp3) is 0.364. The van der Waals surface area contributed by atoms with Crippen molar-refractivity contribution in [3.05, 3.63) is 89.0 Å². The molecule has 1 heterocycles. The molecule has 3 N–H and O–H groups in total. The summed E-state index contributed by atoms with van der Waals surface area (Å²) in [4.78, 5) is 48.9. The molecule has 0 spiro atoms. The van der Waals surface area contributed by atoms with Gasteiger partial charge in [0.25, 0.3) is 0 Å². The number of rotatable bonds is 10. The van der Waals surface area contributed by atoms with Crippen LogP contribution in [-0.4, -0.2) is 60.9 Å². The predicted octanol–water partition coefficient (Wildman–Crippen LogP) is 4.62. The number of fused-ring (bicyclic) bond motifs is 4. The van der Waals surface area contributed by atoms with E-state index in [0.717, 1.165) is 22.3 Å². The van der Waals surface area contributed by atoms with E-state index in [4.69, 9.17) is 23.3 Å². The molecule has 46 heavy (non-hydrogen) atoms. The normalized spacial score (nSPS) is 18.2. The maximum atomic E-state index is 13.5. The first kappa shape index (κ1) is 33.2. The van der Waals surface area contributed by atoms with Crippen LogP contribution in [-0.2, 0) is 45.9 Å². The van der Waals surface area contributed by atoms with E-state index in [0.29, 0.717) is 11.1 Å². The van der Waals surface area contributed by atoms with Gasteiger partial charge in [-0.3, -0.25) is 14.2 Å². The van der Waals surface area contributed by atoms with E-state index in [1.165, 1.54) is 13.2 Å². The van der Waals surface area contributed by atoms with Crippen LogP contribution in [0.2, 0.25) is 0 Å². The van der Waals surface area contributed by atoms with Crippen molar-refractivity contribution in [1.29, 1.82) is 0 Å². The Morgan fingerprint density at radius 2 is 1.63 bits per heavy atom. The SMILES string of the molecule is COC(=O)[C@H](Cc1ccc2c(c1)COP(=O)(O)O2)NC(=O)[C@H](COC(C)(C)C)NC(=O)OCC1c2ccccc2-c2ccccc21. The third-order valence-corrected chi connectivity index (χ3v) is 8.48. The van der Waals surface area contributed by atoms with Gasteiger partial charge in [-0.2, -0.15) is 0 Å². The maximum Gasteiger partial charge on any atom is 0.527 e. The molecular weight excluding hydrogens is 615 g/mol. The lowest BCUT2D eigenvalue weighted by molar-refractivity contribution is -0.145. The molecule has 0 radical (unpaired) electrons. The van der Waals surface area contributed by atoms with Crippen molar-refractivity contribution in [2.24, 2.45) is 0 Å². The molecule has 2 aliphatic rings. The van der Waals surface area contributed by atoms with Gasteiger partial charge in [0, 0.05) is 17.9 Å². The number of phosphoric acid groups is 1. The summed E-state index contributed by atoms with van der Waals surface area (Å²) < 4.78 is 38.0. The molecule has 244 valence electrons. The van der Waals surface area contributed by atoms with E-state index in [-0.39, 0.29) is 37.9 Å². The standard InChI is InChI=1S/C33H37N2O10P/c1-33(2,3)43-19-28(35-32(38)42-18-26-24-11-7-5-9-22(24)23-10-6-8-12-25(23)26)30(36)34-27(31(37)41-4)16-20-13-14-29-21(15-20)17-44-46(39,40)45-29/h5-15,26-28H,16-19H2,1-4H3,(H,34,36)(H,35,38)(H,39,40)/t27-,28-/m0/s1. The Morgan fingerprint density at radius 1 is 0.978 bits per heavy atom. The summed E-state index contributed by atoms with van der Waals surface area (Å²) in [6, 6.07) is 18.3. The van der Waals surface area contributed by atoms with Crippen LogP contribution in [0.15, 0.2) is 66.7 Å². The maximum absolute atomic E-state index is 13.5. The quantitative estimate of drug-likeness (QED) is 0.208. The number of ether oxygens (including phenoxy) is 3. The van der Waals surface area contributed by atoms with Crippen LogP contribution in [0, 0.1) is 0 Å². The van der Waals surface area contributed by atoms with Crippen LogP contribution in [0.25, 0.3) is 11.1 Å². The van der Waals surface area contributed by atoms with Gasteiger partial charge in [-0.1, -0.05) is 54.6 Å². The van der Waals surface area contributed by atoms with Crippen LogP contribution in [0.1, 0.15) is 48.9 Å². The van der Waals surface area contributed by atoms with E-state index >= 15 is 0 Å². The van der Waals surface area contributed by atoms with Crippen LogP contribution in [0.4, 0.5) is 4.79 Å². The Bertz CT molecular complexity index is 1620. The van der Waals surface area contributed by atoms with Gasteiger partial charge >= 0.3 is 19.9 Å². The molecule has 1 unspecified atom stereocenters. The lowest BCUT2D eigenvalue weighted by atomic mass is 9.98. The monoisotopic (exact) mass is 652 g/mol. The summed E-state index contributed by atoms with van der Waals surface area (Å²) >= 11 is 0. The zero-order valence-corrected chi connectivity index (χ0v) is 26.9. The summed E-state index contributed by atoms with van der Waals surface area (Å²) in [5, 5.41) is 5.27. The van der Waals surface area contributed by atoms with E-state index in [1.54, 1.807) is 12.1 Å². The highest BCUT2D eigenvalue weighted by Crippen LogP contribution is 2.50. The zero-order valence-electron chi connectivity index (χ0n) is 26.0. The Balaban J connectivity index is 1.27. The first-order valence-corrected chi connectivity index (χ1v) is 16.3. The average Bonchev–Trinajstić information content (AvgIpc) is 3.34. The second kappa shape index (κ2) is 13.6. The Labute approximate surface area is 267 Å². The molecule has 3 aromatic carbocycles. The number of carbonyl (C=O) groups excluding carboxylic acids is 3. The molecule has 13 heteroatoms. The van der Waals surface area contributed by atoms with Crippen molar-refractivity contribution in [2.45, 2.75) is 57.4 Å². The minimum Gasteiger partial charge on any atom is -0.467 e. The summed E-state index contributed by atoms with van der Waals surface area (Å²) in [6.45, 7) is 5.13. The molecule has 0 aromatic heterocycles. The second-order valence-electron chi connectivity index (χ2n) is 12.0. The number of hydrogen-bond acceptors (Lipinski definition) is 9. The van der Waals surface area contributed by atoms with E-state index in [2.05, 4.69) is 10.6 Å². The van der Waals surface area contributed by atoms with E-state index < -0.39 is 43.5 Å². The Hall–Kier alpha value is -4.22. The Morgan fingerprint density at radius 3 is 2.26 bits per heavy atom. The number of esters is 1. The third-order valence-electron chi connectivity index (χ3n) is 7.60. The number of hydrogen-bond donors (Lipinski definition) is 3. The van der Waals surface area contributed by atoms with Crippen molar-refractivity contribution >= 4 is 25.8 Å². The predicted molar refractivity (Wildman–Crippen MR) is 167 cm³/mol. The number of benzene rings is 3. The number of nitrogens with one attached hydrogen (secondary N) is 2. The highest BCUT2D eigenvalue weighted by atomic mass is 31.2. The largest absolute Gasteiger partial charge is 0.527 e. The molecule has 1 aliphatic carbocycles. The number of phosphoric ester groups is 1. The van der Waals surface area contributed by atoms with Gasteiger partial charge in [0.2, 0.25) is 5.91 Å². The van der Waals surface area contributed by atoms with Crippen molar-refractivity contribution in [2.75, 3.05) is 20.3 Å². The minimum absolute atomic E-state index is 0.0142. The molecule has 1 aliphatic heterocycles. The topological polar surface area (TPSA) is 159 Å². The van der Waals surface area contributed by atoms with Gasteiger partial charge in [0.15, 0.2) is 0 Å². The molecule has 12 nitrogen and oxygen atoms in total. The van der Waals surface area contributed by atoms with E-state index in [1.807, 2.05) is 69.3 Å². The average molecular weight is 653 g/mol. The first-order valence-electron chi connectivity index (χ1n) is 14.8. The van der Waals surface area contributed by atoms with Gasteiger partial charge < -0.3 is 29.4 Å². The smallest absolute Gasteiger partial charge is 0.467 e. The van der Waals surface area contributed by atoms with Crippen molar-refractivity contribution in [3.8, 4) is 16.9 Å². The number of alkyl carbamates (subject to hydrolysis) is 1. The van der Waals surface area contributed by atoms with Crippen molar-refractivity contribution in [1.82, 2.24) is 10.6 Å². The van der Waals surface area contributed by atoms with Gasteiger partial charge in [0.05, 0.1) is 25.9 Å². The van der Waals surface area contributed by atoms with Crippen LogP contribution >= 0.6 is 7.82 Å². The van der Waals surface area contributed by atoms with Gasteiger partial charge in [-0.25, -0.2) is 14.2 Å². The molecule has 0 saturated carbocycles. The molecule has 0 bridgehead atoms. The fourth-order valence-electron chi connectivity index (χ4n) is 5.41. The molecule has 0 fully saturated rings. The molecule has 0 saturated heterocycles. The zero-order chi connectivity index (χ0) is 33.1. The van der Waals surface area contributed by atoms with Gasteiger partial charge in [0.1, 0.15) is 24.4 Å². The number of amides is 2. The molecular formula is C33H37N2O10P.